The van der Waals surface area contributed by atoms with Crippen LogP contribution in [0, 0.1) is 17.0 Å². The van der Waals surface area contributed by atoms with Crippen LogP contribution in [0.3, 0.4) is 0 Å². The van der Waals surface area contributed by atoms with Gasteiger partial charge in [-0.1, -0.05) is 18.2 Å². The number of benzene rings is 1. The van der Waals surface area contributed by atoms with Crippen molar-refractivity contribution in [1.29, 1.82) is 0 Å². The fraction of sp³-hybridized carbons (Fsp3) is 0.125. The van der Waals surface area contributed by atoms with E-state index in [-0.39, 0.29) is 17.1 Å². The fourth-order valence-electron chi connectivity index (χ4n) is 2.29. The van der Waals surface area contributed by atoms with Gasteiger partial charge < -0.3 is 4.42 Å². The summed E-state index contributed by atoms with van der Waals surface area (Å²) in [4.78, 5) is 36.3. The first-order valence-electron chi connectivity index (χ1n) is 7.00. The molecule has 7 nitrogen and oxygen atoms in total. The van der Waals surface area contributed by atoms with Crippen molar-refractivity contribution in [1.82, 2.24) is 4.90 Å². The van der Waals surface area contributed by atoms with E-state index in [1.807, 2.05) is 0 Å². The minimum atomic E-state index is -0.532. The molecular formula is C16H12N2O5S. The molecule has 1 saturated heterocycles. The summed E-state index contributed by atoms with van der Waals surface area (Å²) in [6, 6.07) is 9.49. The summed E-state index contributed by atoms with van der Waals surface area (Å²) in [5.41, 5.74) is 0.182. The van der Waals surface area contributed by atoms with Crippen molar-refractivity contribution in [2.75, 3.05) is 0 Å². The van der Waals surface area contributed by atoms with E-state index in [2.05, 4.69) is 0 Å². The average Bonchev–Trinajstić information content (AvgIpc) is 3.06. The van der Waals surface area contributed by atoms with E-state index in [0.29, 0.717) is 17.1 Å². The number of nitro benzene ring substituents is 1. The number of amides is 2. The van der Waals surface area contributed by atoms with Crippen LogP contribution in [0.15, 0.2) is 45.7 Å². The lowest BCUT2D eigenvalue weighted by atomic mass is 10.1. The van der Waals surface area contributed by atoms with Crippen LogP contribution in [0.2, 0.25) is 0 Å². The monoisotopic (exact) mass is 344 g/mol. The van der Waals surface area contributed by atoms with Crippen molar-refractivity contribution in [2.24, 2.45) is 0 Å². The molecule has 0 spiro atoms. The Bertz CT molecular complexity index is 871. The molecule has 0 N–H and O–H groups in total. The summed E-state index contributed by atoms with van der Waals surface area (Å²) in [5, 5.41) is 10.6. The van der Waals surface area contributed by atoms with Crippen molar-refractivity contribution in [2.45, 2.75) is 13.5 Å². The van der Waals surface area contributed by atoms with Crippen LogP contribution in [0.4, 0.5) is 10.5 Å². The molecule has 0 saturated carbocycles. The van der Waals surface area contributed by atoms with Gasteiger partial charge in [0.1, 0.15) is 11.5 Å². The minimum Gasteiger partial charge on any atom is -0.462 e. The second-order valence-corrected chi connectivity index (χ2v) is 6.10. The number of hydrogen-bond acceptors (Lipinski definition) is 6. The second-order valence-electron chi connectivity index (χ2n) is 5.10. The number of aryl methyl sites for hydroxylation is 1. The number of nitro groups is 1. The van der Waals surface area contributed by atoms with Gasteiger partial charge in [-0.25, -0.2) is 0 Å². The average molecular weight is 344 g/mol. The Labute approximate surface area is 141 Å². The van der Waals surface area contributed by atoms with Crippen molar-refractivity contribution < 1.29 is 18.9 Å². The Hall–Kier alpha value is -2.87. The van der Waals surface area contributed by atoms with E-state index in [9.17, 15) is 19.7 Å². The van der Waals surface area contributed by atoms with Gasteiger partial charge in [-0.2, -0.15) is 0 Å². The molecule has 1 aromatic carbocycles. The van der Waals surface area contributed by atoms with Gasteiger partial charge in [0.25, 0.3) is 16.8 Å². The van der Waals surface area contributed by atoms with Crippen LogP contribution in [0.5, 0.6) is 0 Å². The van der Waals surface area contributed by atoms with Crippen molar-refractivity contribution in [3.8, 4) is 0 Å². The van der Waals surface area contributed by atoms with Crippen LogP contribution in [0.25, 0.3) is 6.08 Å². The maximum Gasteiger partial charge on any atom is 0.293 e. The summed E-state index contributed by atoms with van der Waals surface area (Å²) >= 11 is 0.788. The van der Waals surface area contributed by atoms with Crippen LogP contribution in [0.1, 0.15) is 17.1 Å². The van der Waals surface area contributed by atoms with Crippen LogP contribution in [-0.2, 0) is 11.3 Å². The highest BCUT2D eigenvalue weighted by Crippen LogP contribution is 2.34. The fourth-order valence-corrected chi connectivity index (χ4v) is 3.11. The zero-order chi connectivity index (χ0) is 17.3. The largest absolute Gasteiger partial charge is 0.462 e. The maximum absolute atomic E-state index is 12.4. The molecule has 0 atom stereocenters. The summed E-state index contributed by atoms with van der Waals surface area (Å²) in [7, 11) is 0. The SMILES string of the molecule is Cc1ccc(/C=C2/SC(=O)N(Cc3ccccc3[N+](=O)[O-])C2=O)o1. The number of imide groups is 1. The zero-order valence-electron chi connectivity index (χ0n) is 12.6. The quantitative estimate of drug-likeness (QED) is 0.476. The first kappa shape index (κ1) is 16.0. The molecule has 24 heavy (non-hydrogen) atoms. The highest BCUT2D eigenvalue weighted by molar-refractivity contribution is 8.18. The van der Waals surface area contributed by atoms with Crippen molar-refractivity contribution in [3.63, 3.8) is 0 Å². The molecular weight excluding hydrogens is 332 g/mol. The predicted octanol–water partition coefficient (Wildman–Crippen LogP) is 3.73. The van der Waals surface area contributed by atoms with Gasteiger partial charge >= 0.3 is 0 Å². The smallest absolute Gasteiger partial charge is 0.293 e. The van der Waals surface area contributed by atoms with E-state index in [4.69, 9.17) is 4.42 Å². The lowest BCUT2D eigenvalue weighted by Crippen LogP contribution is -2.27. The maximum atomic E-state index is 12.4. The van der Waals surface area contributed by atoms with Gasteiger partial charge in [0, 0.05) is 17.7 Å². The summed E-state index contributed by atoms with van der Waals surface area (Å²) < 4.78 is 5.37. The zero-order valence-corrected chi connectivity index (χ0v) is 13.4. The highest BCUT2D eigenvalue weighted by atomic mass is 32.2. The molecule has 2 aromatic rings. The third-order valence-electron chi connectivity index (χ3n) is 3.42. The first-order valence-corrected chi connectivity index (χ1v) is 7.81. The number of carbonyl (C=O) groups excluding carboxylic acids is 2. The topological polar surface area (TPSA) is 93.7 Å². The van der Waals surface area contributed by atoms with E-state index in [0.717, 1.165) is 16.7 Å². The summed E-state index contributed by atoms with van der Waals surface area (Å²) in [5.74, 6) is 0.682. The number of furan rings is 1. The predicted molar refractivity (Wildman–Crippen MR) is 88.1 cm³/mol. The molecule has 8 heteroatoms. The standard InChI is InChI=1S/C16H12N2O5S/c1-10-6-7-12(23-10)8-14-15(19)17(16(20)24-14)9-11-4-2-3-5-13(11)18(21)22/h2-8H,9H2,1H3/b14-8+. The first-order chi connectivity index (χ1) is 11.5. The van der Waals surface area contributed by atoms with Gasteiger partial charge in [-0.3, -0.25) is 24.6 Å². The number of carbonyl (C=O) groups is 2. The number of hydrogen-bond donors (Lipinski definition) is 0. The minimum absolute atomic E-state index is 0.123. The van der Waals surface area contributed by atoms with Gasteiger partial charge in [-0.05, 0) is 30.8 Å². The van der Waals surface area contributed by atoms with Crippen molar-refractivity contribution in [3.05, 3.63) is 68.5 Å². The van der Waals surface area contributed by atoms with Gasteiger partial charge in [0.05, 0.1) is 16.4 Å². The second kappa shape index (κ2) is 6.32. The Morgan fingerprint density at radius 1 is 1.25 bits per heavy atom. The lowest BCUT2D eigenvalue weighted by molar-refractivity contribution is -0.385. The summed E-state index contributed by atoms with van der Waals surface area (Å²) in [6.07, 6.45) is 1.50. The van der Waals surface area contributed by atoms with E-state index in [1.54, 1.807) is 25.1 Å². The Morgan fingerprint density at radius 3 is 2.67 bits per heavy atom. The molecule has 2 heterocycles. The molecule has 0 bridgehead atoms. The molecule has 0 aliphatic carbocycles. The van der Waals surface area contributed by atoms with E-state index < -0.39 is 16.1 Å². The highest BCUT2D eigenvalue weighted by Gasteiger charge is 2.36. The van der Waals surface area contributed by atoms with Crippen LogP contribution < -0.4 is 0 Å². The third kappa shape index (κ3) is 3.09. The summed E-state index contributed by atoms with van der Waals surface area (Å²) in [6.45, 7) is 1.63. The molecule has 0 unspecified atom stereocenters. The molecule has 1 aromatic heterocycles. The number of thioether (sulfide) groups is 1. The Balaban J connectivity index is 1.85. The van der Waals surface area contributed by atoms with E-state index >= 15 is 0 Å². The number of nitrogens with zero attached hydrogens (tertiary/aromatic N) is 2. The van der Waals surface area contributed by atoms with Crippen LogP contribution in [-0.4, -0.2) is 21.0 Å². The van der Waals surface area contributed by atoms with Gasteiger partial charge in [0.2, 0.25) is 0 Å². The molecule has 1 fully saturated rings. The molecule has 3 rings (SSSR count). The van der Waals surface area contributed by atoms with Crippen molar-refractivity contribution >= 4 is 34.7 Å². The Kier molecular flexibility index (Phi) is 4.22. The van der Waals surface area contributed by atoms with Gasteiger partial charge in [0.15, 0.2) is 0 Å². The van der Waals surface area contributed by atoms with Gasteiger partial charge in [-0.15, -0.1) is 0 Å². The van der Waals surface area contributed by atoms with Crippen LogP contribution >= 0.6 is 11.8 Å². The Morgan fingerprint density at radius 2 is 2.00 bits per heavy atom. The molecule has 1 aliphatic rings. The molecule has 0 radical (unpaired) electrons. The molecule has 2 amide bonds. The molecule has 1 aliphatic heterocycles. The normalized spacial score (nSPS) is 16.2. The van der Waals surface area contributed by atoms with E-state index in [1.165, 1.54) is 24.3 Å². The third-order valence-corrected chi connectivity index (χ3v) is 4.33. The lowest BCUT2D eigenvalue weighted by Gasteiger charge is -2.12. The molecule has 122 valence electrons. The number of para-hydroxylation sites is 1. The number of rotatable bonds is 4.